The number of anilines is 1. The van der Waals surface area contributed by atoms with Crippen LogP contribution in [-0.2, 0) is 6.42 Å². The zero-order valence-corrected chi connectivity index (χ0v) is 8.76. The van der Waals surface area contributed by atoms with Gasteiger partial charge in [-0.2, -0.15) is 0 Å². The quantitative estimate of drug-likeness (QED) is 0.590. The molecule has 0 aromatic heterocycles. The van der Waals surface area contributed by atoms with Gasteiger partial charge in [0.15, 0.2) is 5.78 Å². The van der Waals surface area contributed by atoms with Crippen molar-refractivity contribution in [2.75, 3.05) is 12.8 Å². The van der Waals surface area contributed by atoms with Crippen molar-refractivity contribution in [3.63, 3.8) is 0 Å². The maximum Gasteiger partial charge on any atom is 0.162 e. The number of aryl methyl sites for hydroxylation is 1. The number of nitrogen functional groups attached to an aromatic ring is 1. The molecule has 0 atom stereocenters. The van der Waals surface area contributed by atoms with Crippen LogP contribution in [0.15, 0.2) is 12.1 Å². The molecule has 3 nitrogen and oxygen atoms in total. The third kappa shape index (κ3) is 1.87. The van der Waals surface area contributed by atoms with Crippen LogP contribution >= 0.6 is 0 Å². The normalized spacial score (nSPS) is 9.93. The van der Waals surface area contributed by atoms with E-state index in [9.17, 15) is 4.79 Å². The van der Waals surface area contributed by atoms with Crippen molar-refractivity contribution in [2.45, 2.75) is 20.3 Å². The van der Waals surface area contributed by atoms with Gasteiger partial charge in [-0.25, -0.2) is 0 Å². The van der Waals surface area contributed by atoms with Crippen molar-refractivity contribution < 1.29 is 9.53 Å². The number of methoxy groups -OCH3 is 1. The number of Topliss-reactive ketones (excluding diaryl/α,β-unsaturated/α-hetero) is 1. The Kier molecular flexibility index (Phi) is 3.12. The number of nitrogens with two attached hydrogens (primary N) is 1. The molecule has 0 saturated carbocycles. The third-order valence-electron chi connectivity index (χ3n) is 2.21. The molecule has 0 heterocycles. The number of benzene rings is 1. The molecule has 0 radical (unpaired) electrons. The first-order valence-corrected chi connectivity index (χ1v) is 4.57. The fourth-order valence-corrected chi connectivity index (χ4v) is 1.35. The summed E-state index contributed by atoms with van der Waals surface area (Å²) in [6.45, 7) is 3.53. The molecule has 1 aromatic rings. The van der Waals surface area contributed by atoms with Crippen LogP contribution in [-0.4, -0.2) is 12.9 Å². The van der Waals surface area contributed by atoms with Crippen molar-refractivity contribution in [1.82, 2.24) is 0 Å². The third-order valence-corrected chi connectivity index (χ3v) is 2.21. The molecule has 1 aromatic carbocycles. The molecule has 0 spiro atoms. The number of ketones is 1. The Morgan fingerprint density at radius 3 is 2.57 bits per heavy atom. The maximum atomic E-state index is 11.3. The highest BCUT2D eigenvalue weighted by atomic mass is 16.5. The van der Waals surface area contributed by atoms with E-state index in [4.69, 9.17) is 10.5 Å². The topological polar surface area (TPSA) is 52.3 Å². The summed E-state index contributed by atoms with van der Waals surface area (Å²) in [6.07, 6.45) is 0.858. The van der Waals surface area contributed by atoms with Gasteiger partial charge < -0.3 is 10.5 Å². The van der Waals surface area contributed by atoms with Gasteiger partial charge in [-0.15, -0.1) is 0 Å². The summed E-state index contributed by atoms with van der Waals surface area (Å²) in [4.78, 5) is 11.3. The lowest BCUT2D eigenvalue weighted by Crippen LogP contribution is -2.03. The molecular formula is C11H15NO2. The van der Waals surface area contributed by atoms with E-state index in [-0.39, 0.29) is 5.78 Å². The predicted octanol–water partition coefficient (Wildman–Crippen LogP) is 2.04. The Bertz CT molecular complexity index is 359. The van der Waals surface area contributed by atoms with Crippen LogP contribution in [0.5, 0.6) is 5.75 Å². The van der Waals surface area contributed by atoms with Crippen LogP contribution in [0.3, 0.4) is 0 Å². The summed E-state index contributed by atoms with van der Waals surface area (Å²) in [6, 6.07) is 3.68. The van der Waals surface area contributed by atoms with Crippen LogP contribution < -0.4 is 10.5 Å². The number of ether oxygens (including phenoxy) is 1. The standard InChI is InChI=1S/C11H15NO2/c1-4-8-5-9(7(2)13)11(12)10(6-8)14-3/h5-6H,4,12H2,1-3H3. The van der Waals surface area contributed by atoms with E-state index in [1.807, 2.05) is 19.1 Å². The molecule has 76 valence electrons. The minimum Gasteiger partial charge on any atom is -0.495 e. The van der Waals surface area contributed by atoms with E-state index >= 15 is 0 Å². The van der Waals surface area contributed by atoms with Crippen molar-refractivity contribution in [3.05, 3.63) is 23.3 Å². The van der Waals surface area contributed by atoms with Crippen molar-refractivity contribution in [1.29, 1.82) is 0 Å². The Labute approximate surface area is 83.9 Å². The largest absolute Gasteiger partial charge is 0.495 e. The lowest BCUT2D eigenvalue weighted by Gasteiger charge is -2.10. The van der Waals surface area contributed by atoms with Gasteiger partial charge in [0.05, 0.1) is 12.8 Å². The Balaban J connectivity index is 3.34. The highest BCUT2D eigenvalue weighted by Crippen LogP contribution is 2.27. The molecule has 0 aliphatic carbocycles. The lowest BCUT2D eigenvalue weighted by molar-refractivity contribution is 0.101. The van der Waals surface area contributed by atoms with Gasteiger partial charge >= 0.3 is 0 Å². The molecule has 0 bridgehead atoms. The van der Waals surface area contributed by atoms with Gasteiger partial charge in [-0.3, -0.25) is 4.79 Å². The smallest absolute Gasteiger partial charge is 0.162 e. The summed E-state index contributed by atoms with van der Waals surface area (Å²) in [5.41, 5.74) is 7.80. The fourth-order valence-electron chi connectivity index (χ4n) is 1.35. The number of rotatable bonds is 3. The minimum atomic E-state index is -0.0314. The number of carbonyl (C=O) groups is 1. The molecule has 3 heteroatoms. The van der Waals surface area contributed by atoms with E-state index in [1.165, 1.54) is 6.92 Å². The van der Waals surface area contributed by atoms with Gasteiger partial charge in [0.25, 0.3) is 0 Å². The van der Waals surface area contributed by atoms with Crippen LogP contribution in [0.4, 0.5) is 5.69 Å². The van der Waals surface area contributed by atoms with Gasteiger partial charge in [0, 0.05) is 5.56 Å². The number of hydrogen-bond donors (Lipinski definition) is 1. The first kappa shape index (κ1) is 10.6. The molecule has 0 amide bonds. The lowest BCUT2D eigenvalue weighted by atomic mass is 10.0. The molecule has 1 rings (SSSR count). The van der Waals surface area contributed by atoms with Crippen molar-refractivity contribution in [2.24, 2.45) is 0 Å². The Morgan fingerprint density at radius 1 is 1.50 bits per heavy atom. The SMILES string of the molecule is CCc1cc(OC)c(N)c(C(C)=O)c1. The number of carbonyl (C=O) groups excluding carboxylic acids is 1. The molecular weight excluding hydrogens is 178 g/mol. The first-order chi connectivity index (χ1) is 6.60. The average molecular weight is 193 g/mol. The van der Waals surface area contributed by atoms with E-state index in [0.29, 0.717) is 17.0 Å². The Morgan fingerprint density at radius 2 is 2.14 bits per heavy atom. The van der Waals surface area contributed by atoms with Gasteiger partial charge in [0.2, 0.25) is 0 Å². The summed E-state index contributed by atoms with van der Waals surface area (Å²) in [7, 11) is 1.55. The molecule has 0 aliphatic heterocycles. The van der Waals surface area contributed by atoms with Crippen LogP contribution in [0.25, 0.3) is 0 Å². The van der Waals surface area contributed by atoms with Crippen LogP contribution in [0.2, 0.25) is 0 Å². The van der Waals surface area contributed by atoms with Crippen molar-refractivity contribution >= 4 is 11.5 Å². The molecule has 2 N–H and O–H groups in total. The average Bonchev–Trinajstić information content (AvgIpc) is 2.17. The summed E-state index contributed by atoms with van der Waals surface area (Å²) >= 11 is 0. The minimum absolute atomic E-state index is 0.0314. The first-order valence-electron chi connectivity index (χ1n) is 4.57. The number of hydrogen-bond acceptors (Lipinski definition) is 3. The zero-order chi connectivity index (χ0) is 10.7. The molecule has 0 aliphatic rings. The van der Waals surface area contributed by atoms with Crippen LogP contribution in [0, 0.1) is 0 Å². The van der Waals surface area contributed by atoms with Gasteiger partial charge in [-0.1, -0.05) is 6.92 Å². The zero-order valence-electron chi connectivity index (χ0n) is 8.76. The highest BCUT2D eigenvalue weighted by Gasteiger charge is 2.11. The second-order valence-corrected chi connectivity index (χ2v) is 3.17. The second kappa shape index (κ2) is 4.13. The van der Waals surface area contributed by atoms with Crippen molar-refractivity contribution in [3.8, 4) is 5.75 Å². The molecule has 0 saturated heterocycles. The molecule has 0 fully saturated rings. The van der Waals surface area contributed by atoms with Gasteiger partial charge in [0.1, 0.15) is 5.75 Å². The monoisotopic (exact) mass is 193 g/mol. The maximum absolute atomic E-state index is 11.3. The van der Waals surface area contributed by atoms with Crippen LogP contribution in [0.1, 0.15) is 29.8 Å². The fraction of sp³-hybridized carbons (Fsp3) is 0.364. The highest BCUT2D eigenvalue weighted by molar-refractivity contribution is 6.00. The van der Waals surface area contributed by atoms with E-state index in [1.54, 1.807) is 7.11 Å². The van der Waals surface area contributed by atoms with E-state index in [0.717, 1.165) is 12.0 Å². The van der Waals surface area contributed by atoms with E-state index < -0.39 is 0 Å². The summed E-state index contributed by atoms with van der Waals surface area (Å²) in [5, 5.41) is 0. The van der Waals surface area contributed by atoms with E-state index in [2.05, 4.69) is 0 Å². The predicted molar refractivity (Wildman–Crippen MR) is 56.8 cm³/mol. The molecule has 14 heavy (non-hydrogen) atoms. The summed E-state index contributed by atoms with van der Waals surface area (Å²) in [5.74, 6) is 0.547. The summed E-state index contributed by atoms with van der Waals surface area (Å²) < 4.78 is 5.10. The van der Waals surface area contributed by atoms with Gasteiger partial charge in [-0.05, 0) is 31.0 Å². The molecule has 0 unspecified atom stereocenters. The second-order valence-electron chi connectivity index (χ2n) is 3.17. The Hall–Kier alpha value is -1.51.